The van der Waals surface area contributed by atoms with Crippen LogP contribution in [-0.4, -0.2) is 34.5 Å². The Morgan fingerprint density at radius 2 is 1.89 bits per heavy atom. The standard InChI is InChI=1S/C14H21NO3/c1-2-8-15(12-6-7-12)13(16)10-4-3-5-11(9-10)14(17)18/h2,10-12H,1,3-9H2,(H,17,18). The predicted octanol–water partition coefficient (Wildman–Crippen LogP) is 2.05. The van der Waals surface area contributed by atoms with E-state index in [2.05, 4.69) is 6.58 Å². The van der Waals surface area contributed by atoms with Gasteiger partial charge in [-0.15, -0.1) is 6.58 Å². The van der Waals surface area contributed by atoms with Gasteiger partial charge in [0.1, 0.15) is 0 Å². The van der Waals surface area contributed by atoms with E-state index in [9.17, 15) is 9.59 Å². The maximum atomic E-state index is 12.4. The van der Waals surface area contributed by atoms with E-state index in [1.165, 1.54) is 0 Å². The number of carbonyl (C=O) groups excluding carboxylic acids is 1. The van der Waals surface area contributed by atoms with E-state index in [-0.39, 0.29) is 17.7 Å². The summed E-state index contributed by atoms with van der Waals surface area (Å²) in [5.74, 6) is -1.05. The van der Waals surface area contributed by atoms with Crippen LogP contribution in [0.3, 0.4) is 0 Å². The summed E-state index contributed by atoms with van der Waals surface area (Å²) < 4.78 is 0. The van der Waals surface area contributed by atoms with Crippen LogP contribution >= 0.6 is 0 Å². The van der Waals surface area contributed by atoms with Crippen LogP contribution in [0, 0.1) is 11.8 Å². The fourth-order valence-electron chi connectivity index (χ4n) is 2.82. The van der Waals surface area contributed by atoms with Crippen molar-refractivity contribution in [3.05, 3.63) is 12.7 Å². The Labute approximate surface area is 108 Å². The van der Waals surface area contributed by atoms with Crippen LogP contribution in [0.15, 0.2) is 12.7 Å². The number of rotatable bonds is 5. The summed E-state index contributed by atoms with van der Waals surface area (Å²) in [5, 5.41) is 9.06. The molecule has 2 aliphatic carbocycles. The monoisotopic (exact) mass is 251 g/mol. The second-order valence-electron chi connectivity index (χ2n) is 5.41. The van der Waals surface area contributed by atoms with Crippen molar-refractivity contribution in [2.24, 2.45) is 11.8 Å². The van der Waals surface area contributed by atoms with Gasteiger partial charge in [-0.3, -0.25) is 9.59 Å². The summed E-state index contributed by atoms with van der Waals surface area (Å²) in [6, 6.07) is 0.376. The van der Waals surface area contributed by atoms with Crippen molar-refractivity contribution >= 4 is 11.9 Å². The lowest BCUT2D eigenvalue weighted by atomic mass is 9.80. The first-order chi connectivity index (χ1) is 8.63. The van der Waals surface area contributed by atoms with Gasteiger partial charge in [0.15, 0.2) is 0 Å². The summed E-state index contributed by atoms with van der Waals surface area (Å²) in [6.45, 7) is 4.29. The molecule has 2 rings (SSSR count). The van der Waals surface area contributed by atoms with Crippen molar-refractivity contribution in [1.29, 1.82) is 0 Å². The molecule has 0 saturated heterocycles. The number of nitrogens with zero attached hydrogens (tertiary/aromatic N) is 1. The molecule has 0 radical (unpaired) electrons. The molecule has 0 spiro atoms. The number of carboxylic acids is 1. The van der Waals surface area contributed by atoms with E-state index >= 15 is 0 Å². The first-order valence-corrected chi connectivity index (χ1v) is 6.77. The second-order valence-corrected chi connectivity index (χ2v) is 5.41. The second kappa shape index (κ2) is 5.55. The van der Waals surface area contributed by atoms with Gasteiger partial charge in [-0.1, -0.05) is 12.5 Å². The topological polar surface area (TPSA) is 57.6 Å². The molecule has 0 aromatic carbocycles. The van der Waals surface area contributed by atoms with Crippen LogP contribution in [-0.2, 0) is 9.59 Å². The molecule has 2 atom stereocenters. The van der Waals surface area contributed by atoms with E-state index in [1.54, 1.807) is 6.08 Å². The maximum Gasteiger partial charge on any atom is 0.306 e. The van der Waals surface area contributed by atoms with E-state index in [0.29, 0.717) is 25.4 Å². The number of carboxylic acid groups (broad SMARTS) is 1. The van der Waals surface area contributed by atoms with Gasteiger partial charge in [-0.2, -0.15) is 0 Å². The van der Waals surface area contributed by atoms with Gasteiger partial charge >= 0.3 is 5.97 Å². The minimum atomic E-state index is -0.755. The molecule has 0 aliphatic heterocycles. The minimum Gasteiger partial charge on any atom is -0.481 e. The molecule has 4 nitrogen and oxygen atoms in total. The molecule has 0 aromatic heterocycles. The lowest BCUT2D eigenvalue weighted by Gasteiger charge is -2.31. The Balaban J connectivity index is 1.98. The van der Waals surface area contributed by atoms with Gasteiger partial charge < -0.3 is 10.0 Å². The molecule has 1 N–H and O–H groups in total. The Kier molecular flexibility index (Phi) is 4.04. The predicted molar refractivity (Wildman–Crippen MR) is 68.0 cm³/mol. The molecule has 2 aliphatic rings. The quantitative estimate of drug-likeness (QED) is 0.761. The molecule has 4 heteroatoms. The number of amides is 1. The molecule has 18 heavy (non-hydrogen) atoms. The lowest BCUT2D eigenvalue weighted by molar-refractivity contribution is -0.145. The zero-order valence-electron chi connectivity index (χ0n) is 10.7. The average Bonchev–Trinajstić information content (AvgIpc) is 3.19. The fraction of sp³-hybridized carbons (Fsp3) is 0.714. The fourth-order valence-corrected chi connectivity index (χ4v) is 2.82. The summed E-state index contributed by atoms with van der Waals surface area (Å²) in [4.78, 5) is 25.3. The average molecular weight is 251 g/mol. The molecule has 1 amide bonds. The van der Waals surface area contributed by atoms with Crippen molar-refractivity contribution in [1.82, 2.24) is 4.90 Å². The maximum absolute atomic E-state index is 12.4. The van der Waals surface area contributed by atoms with Gasteiger partial charge in [0, 0.05) is 18.5 Å². The highest BCUT2D eigenvalue weighted by atomic mass is 16.4. The van der Waals surface area contributed by atoms with Crippen molar-refractivity contribution in [3.8, 4) is 0 Å². The number of carbonyl (C=O) groups is 2. The van der Waals surface area contributed by atoms with Gasteiger partial charge in [0.25, 0.3) is 0 Å². The van der Waals surface area contributed by atoms with Crippen molar-refractivity contribution < 1.29 is 14.7 Å². The molecular weight excluding hydrogens is 230 g/mol. The summed E-state index contributed by atoms with van der Waals surface area (Å²) in [5.41, 5.74) is 0. The van der Waals surface area contributed by atoms with Crippen molar-refractivity contribution in [2.75, 3.05) is 6.54 Å². The molecule has 2 fully saturated rings. The normalized spacial score (nSPS) is 27.6. The van der Waals surface area contributed by atoms with E-state index in [4.69, 9.17) is 5.11 Å². The first kappa shape index (κ1) is 13.1. The first-order valence-electron chi connectivity index (χ1n) is 6.77. The van der Waals surface area contributed by atoms with Crippen LogP contribution in [0.1, 0.15) is 38.5 Å². The largest absolute Gasteiger partial charge is 0.481 e. The molecule has 100 valence electrons. The summed E-state index contributed by atoms with van der Waals surface area (Å²) in [6.07, 6.45) is 6.82. The van der Waals surface area contributed by atoms with Crippen LogP contribution in [0.2, 0.25) is 0 Å². The van der Waals surface area contributed by atoms with Crippen molar-refractivity contribution in [2.45, 2.75) is 44.6 Å². The minimum absolute atomic E-state index is 0.0969. The molecular formula is C14H21NO3. The third-order valence-electron chi connectivity index (χ3n) is 3.97. The van der Waals surface area contributed by atoms with Crippen LogP contribution in [0.5, 0.6) is 0 Å². The molecule has 2 unspecified atom stereocenters. The van der Waals surface area contributed by atoms with E-state index < -0.39 is 5.97 Å². The molecule has 0 aromatic rings. The highest BCUT2D eigenvalue weighted by Crippen LogP contribution is 2.34. The zero-order valence-corrected chi connectivity index (χ0v) is 10.7. The highest BCUT2D eigenvalue weighted by molar-refractivity contribution is 5.81. The Morgan fingerprint density at radius 1 is 1.22 bits per heavy atom. The molecule has 0 heterocycles. The number of hydrogen-bond donors (Lipinski definition) is 1. The highest BCUT2D eigenvalue weighted by Gasteiger charge is 2.38. The molecule has 2 saturated carbocycles. The smallest absolute Gasteiger partial charge is 0.306 e. The third kappa shape index (κ3) is 2.92. The van der Waals surface area contributed by atoms with E-state index in [0.717, 1.165) is 25.7 Å². The van der Waals surface area contributed by atoms with Gasteiger partial charge in [0.05, 0.1) is 5.92 Å². The van der Waals surface area contributed by atoms with Crippen LogP contribution in [0.4, 0.5) is 0 Å². The Morgan fingerprint density at radius 3 is 2.44 bits per heavy atom. The van der Waals surface area contributed by atoms with E-state index in [1.807, 2.05) is 4.90 Å². The SMILES string of the molecule is C=CCN(C(=O)C1CCCC(C(=O)O)C1)C1CC1. The third-order valence-corrected chi connectivity index (χ3v) is 3.97. The number of hydrogen-bond acceptors (Lipinski definition) is 2. The molecule has 0 bridgehead atoms. The summed E-state index contributed by atoms with van der Waals surface area (Å²) >= 11 is 0. The Hall–Kier alpha value is -1.32. The van der Waals surface area contributed by atoms with Gasteiger partial charge in [-0.25, -0.2) is 0 Å². The van der Waals surface area contributed by atoms with Crippen LogP contribution in [0.25, 0.3) is 0 Å². The number of aliphatic carboxylic acids is 1. The zero-order chi connectivity index (χ0) is 13.1. The van der Waals surface area contributed by atoms with Crippen molar-refractivity contribution in [3.63, 3.8) is 0 Å². The lowest BCUT2D eigenvalue weighted by Crippen LogP contribution is -2.40. The van der Waals surface area contributed by atoms with Gasteiger partial charge in [0.2, 0.25) is 5.91 Å². The Bertz CT molecular complexity index is 349. The van der Waals surface area contributed by atoms with Crippen LogP contribution < -0.4 is 0 Å². The van der Waals surface area contributed by atoms with Gasteiger partial charge in [-0.05, 0) is 32.1 Å². The summed E-state index contributed by atoms with van der Waals surface area (Å²) in [7, 11) is 0.